The zero-order chi connectivity index (χ0) is 10.1. The number of hydrogen-bond acceptors (Lipinski definition) is 2. The van der Waals surface area contributed by atoms with Crippen LogP contribution in [-0.4, -0.2) is 8.42 Å². The van der Waals surface area contributed by atoms with Crippen molar-refractivity contribution in [3.63, 3.8) is 0 Å². The highest BCUT2D eigenvalue weighted by Gasteiger charge is 2.16. The van der Waals surface area contributed by atoms with Gasteiger partial charge >= 0.3 is 0 Å². The van der Waals surface area contributed by atoms with E-state index in [1.54, 1.807) is 6.07 Å². The second-order valence-corrected chi connectivity index (χ2v) is 5.34. The van der Waals surface area contributed by atoms with E-state index in [4.69, 9.17) is 0 Å². The highest BCUT2D eigenvalue weighted by molar-refractivity contribution is 9.10. The van der Waals surface area contributed by atoms with Crippen molar-refractivity contribution >= 4 is 26.6 Å². The van der Waals surface area contributed by atoms with Gasteiger partial charge in [-0.3, -0.25) is 0 Å². The van der Waals surface area contributed by atoms with Gasteiger partial charge in [-0.25, -0.2) is 8.42 Å². The Kier molecular flexibility index (Phi) is 2.93. The minimum atomic E-state index is -2.44. The first kappa shape index (κ1) is 10.2. The third kappa shape index (κ3) is 1.73. The summed E-state index contributed by atoms with van der Waals surface area (Å²) in [5.41, 5.74) is 2.22. The van der Waals surface area contributed by atoms with E-state index in [-0.39, 0.29) is 0 Å². The molecule has 1 aromatic carbocycles. The van der Waals surface area contributed by atoms with Crippen LogP contribution in [-0.2, 0) is 23.5 Å². The summed E-state index contributed by atoms with van der Waals surface area (Å²) < 4.78 is 23.1. The van der Waals surface area contributed by atoms with Crippen molar-refractivity contribution in [2.45, 2.75) is 30.6 Å². The monoisotopic (exact) mass is 274 g/mol. The molecule has 0 saturated carbocycles. The molecule has 0 radical (unpaired) electrons. The normalized spacial score (nSPS) is 15.6. The lowest BCUT2D eigenvalue weighted by Crippen LogP contribution is -2.06. The molecule has 2 rings (SSSR count). The molecule has 0 amide bonds. The maximum absolute atomic E-state index is 11.0. The molecule has 0 atom stereocenters. The average molecular weight is 275 g/mol. The predicted octanol–water partition coefficient (Wildman–Crippen LogP) is 2.30. The summed E-state index contributed by atoms with van der Waals surface area (Å²) in [6.45, 7) is 0. The van der Waals surface area contributed by atoms with Crippen molar-refractivity contribution in [3.8, 4) is 0 Å². The van der Waals surface area contributed by atoms with Crippen molar-refractivity contribution in [2.75, 3.05) is 0 Å². The lowest BCUT2D eigenvalue weighted by atomic mass is 9.92. The molecule has 2 nitrogen and oxygen atoms in total. The zero-order valence-corrected chi connectivity index (χ0v) is 10.1. The van der Waals surface area contributed by atoms with Crippen LogP contribution in [0, 0.1) is 0 Å². The Morgan fingerprint density at radius 3 is 2.36 bits per heavy atom. The van der Waals surface area contributed by atoms with E-state index >= 15 is 0 Å². The van der Waals surface area contributed by atoms with Crippen molar-refractivity contribution in [1.82, 2.24) is 0 Å². The van der Waals surface area contributed by atoms with Crippen molar-refractivity contribution in [2.24, 2.45) is 0 Å². The van der Waals surface area contributed by atoms with E-state index in [1.165, 1.54) is 5.56 Å². The lowest BCUT2D eigenvalue weighted by Gasteiger charge is -2.18. The number of rotatable bonds is 1. The van der Waals surface area contributed by atoms with Gasteiger partial charge < -0.3 is 0 Å². The van der Waals surface area contributed by atoms with E-state index in [0.29, 0.717) is 4.90 Å². The molecule has 0 heterocycles. The quantitative estimate of drug-likeness (QED) is 0.798. The Morgan fingerprint density at radius 2 is 1.71 bits per heavy atom. The minimum Gasteiger partial charge on any atom is -0.227 e. The van der Waals surface area contributed by atoms with E-state index < -0.39 is 10.7 Å². The fourth-order valence-electron chi connectivity index (χ4n) is 1.98. The predicted molar refractivity (Wildman–Crippen MR) is 59.4 cm³/mol. The van der Waals surface area contributed by atoms with Crippen LogP contribution in [0.5, 0.6) is 0 Å². The van der Waals surface area contributed by atoms with Gasteiger partial charge in [0.2, 0.25) is 0 Å². The van der Waals surface area contributed by atoms with E-state index in [2.05, 4.69) is 15.9 Å². The molecule has 1 aliphatic carbocycles. The van der Waals surface area contributed by atoms with Crippen LogP contribution in [0.2, 0.25) is 0 Å². The molecule has 0 aromatic heterocycles. The first-order valence-corrected chi connectivity index (χ1v) is 6.62. The lowest BCUT2D eigenvalue weighted by molar-refractivity contribution is 0.609. The fourth-order valence-corrected chi connectivity index (χ4v) is 3.21. The first-order valence-electron chi connectivity index (χ1n) is 4.65. The maximum atomic E-state index is 11.0. The fraction of sp³-hybridized carbons (Fsp3) is 0.400. The summed E-state index contributed by atoms with van der Waals surface area (Å²) in [6, 6.07) is 3.53. The van der Waals surface area contributed by atoms with Gasteiger partial charge in [0.1, 0.15) is 0 Å². The molecule has 0 bridgehead atoms. The molecule has 1 aromatic rings. The van der Waals surface area contributed by atoms with Crippen molar-refractivity contribution in [3.05, 3.63) is 27.7 Å². The molecule has 0 saturated heterocycles. The molecule has 76 valence electrons. The van der Waals surface area contributed by atoms with Crippen molar-refractivity contribution in [1.29, 1.82) is 0 Å². The second-order valence-electron chi connectivity index (χ2n) is 3.49. The van der Waals surface area contributed by atoms with Crippen LogP contribution in [0.25, 0.3) is 0 Å². The Hall–Kier alpha value is -0.350. The number of benzene rings is 1. The molecule has 4 heteroatoms. The summed E-state index contributed by atoms with van der Waals surface area (Å²) in [4.78, 5) is 0.512. The summed E-state index contributed by atoms with van der Waals surface area (Å²) in [6.07, 6.45) is 4.14. The van der Waals surface area contributed by atoms with Gasteiger partial charge in [-0.15, -0.1) is 0 Å². The van der Waals surface area contributed by atoms with Gasteiger partial charge in [-0.05, 0) is 48.9 Å². The number of hydrogen-bond donors (Lipinski definition) is 1. The summed E-state index contributed by atoms with van der Waals surface area (Å²) in [7, 11) is -2.44. The van der Waals surface area contributed by atoms with E-state index in [9.17, 15) is 8.42 Å². The molecule has 0 fully saturated rings. The SMILES string of the molecule is O=[SH](=O)c1ccc(Br)c2c1CCCC2. The van der Waals surface area contributed by atoms with Gasteiger partial charge in [0.15, 0.2) is 10.7 Å². The molecule has 14 heavy (non-hydrogen) atoms. The Bertz CT molecular complexity index is 430. The highest BCUT2D eigenvalue weighted by Crippen LogP contribution is 2.31. The molecule has 0 aliphatic heterocycles. The van der Waals surface area contributed by atoms with Gasteiger partial charge in [-0.1, -0.05) is 15.9 Å². The summed E-state index contributed by atoms with van der Waals surface area (Å²) in [5, 5.41) is 0. The summed E-state index contributed by atoms with van der Waals surface area (Å²) in [5.74, 6) is 0. The second kappa shape index (κ2) is 4.03. The Balaban J connectivity index is 2.65. The smallest absolute Gasteiger partial charge is 0.168 e. The third-order valence-electron chi connectivity index (χ3n) is 2.65. The van der Waals surface area contributed by atoms with E-state index in [0.717, 1.165) is 35.7 Å². The van der Waals surface area contributed by atoms with Crippen molar-refractivity contribution < 1.29 is 8.42 Å². The number of thiol groups is 1. The molecule has 1 aliphatic rings. The third-order valence-corrected chi connectivity index (χ3v) is 4.20. The topological polar surface area (TPSA) is 34.1 Å². The highest BCUT2D eigenvalue weighted by atomic mass is 79.9. The Labute approximate surface area is 93.4 Å². The van der Waals surface area contributed by atoms with Gasteiger partial charge in [0, 0.05) is 4.47 Å². The molecular formula is C10H11BrO2S. The van der Waals surface area contributed by atoms with Crippen LogP contribution in [0.15, 0.2) is 21.5 Å². The standard InChI is InChI=1S/C10H11BrO2S/c11-9-5-6-10(14(12)13)8-4-2-1-3-7(8)9/h5-6,14H,1-4H2. The van der Waals surface area contributed by atoms with Gasteiger partial charge in [-0.2, -0.15) is 0 Å². The van der Waals surface area contributed by atoms with E-state index in [1.807, 2.05) is 6.07 Å². The van der Waals surface area contributed by atoms with Crippen LogP contribution in [0.1, 0.15) is 24.0 Å². The number of halogens is 1. The molecule has 0 unspecified atom stereocenters. The average Bonchev–Trinajstić information content (AvgIpc) is 2.18. The molecular weight excluding hydrogens is 264 g/mol. The largest absolute Gasteiger partial charge is 0.227 e. The van der Waals surface area contributed by atoms with Gasteiger partial charge in [0.25, 0.3) is 0 Å². The summed E-state index contributed by atoms with van der Waals surface area (Å²) >= 11 is 3.47. The van der Waals surface area contributed by atoms with Gasteiger partial charge in [0.05, 0.1) is 4.90 Å². The van der Waals surface area contributed by atoms with Crippen LogP contribution in [0.4, 0.5) is 0 Å². The number of fused-ring (bicyclic) bond motifs is 1. The zero-order valence-electron chi connectivity index (χ0n) is 7.62. The maximum Gasteiger partial charge on any atom is 0.168 e. The molecule has 0 N–H and O–H groups in total. The van der Waals surface area contributed by atoms with Crippen LogP contribution >= 0.6 is 15.9 Å². The minimum absolute atomic E-state index is 0.512. The van der Waals surface area contributed by atoms with Crippen LogP contribution in [0.3, 0.4) is 0 Å². The first-order chi connectivity index (χ1) is 6.70. The molecule has 0 spiro atoms. The Morgan fingerprint density at radius 1 is 1.07 bits per heavy atom. The van der Waals surface area contributed by atoms with Crippen LogP contribution < -0.4 is 0 Å².